The van der Waals surface area contributed by atoms with Gasteiger partial charge in [0.05, 0.1) is 11.0 Å². The molecule has 1 aromatic heterocycles. The second-order valence-electron chi connectivity index (χ2n) is 4.48. The molecule has 106 valence electrons. The summed E-state index contributed by atoms with van der Waals surface area (Å²) in [6.45, 7) is 3.29. The lowest BCUT2D eigenvalue weighted by atomic mass is 10.1. The van der Waals surface area contributed by atoms with Crippen molar-refractivity contribution in [3.63, 3.8) is 0 Å². The van der Waals surface area contributed by atoms with Gasteiger partial charge in [-0.15, -0.1) is 0 Å². The monoisotopic (exact) mass is 278 g/mol. The molecule has 0 saturated heterocycles. The van der Waals surface area contributed by atoms with Gasteiger partial charge in [-0.3, -0.25) is 10.1 Å². The number of nitrogens with two attached hydrogens (primary N) is 1. The Bertz CT molecular complexity index is 638. The molecule has 0 bridgehead atoms. The number of non-ortho nitro benzene ring substituents is 1. The zero-order valence-corrected chi connectivity index (χ0v) is 11.0. The highest BCUT2D eigenvalue weighted by atomic mass is 16.6. The summed E-state index contributed by atoms with van der Waals surface area (Å²) in [7, 11) is 0. The summed E-state index contributed by atoms with van der Waals surface area (Å²) in [6, 6.07) is 3.59. The first-order valence-corrected chi connectivity index (χ1v) is 5.93. The van der Waals surface area contributed by atoms with Crippen molar-refractivity contribution in [2.75, 3.05) is 0 Å². The SMILES string of the molecule is Cc1ccc([N+](=O)[O-])cc1-c1noc(C(N)C(C)O)n1. The van der Waals surface area contributed by atoms with E-state index in [0.717, 1.165) is 5.56 Å². The van der Waals surface area contributed by atoms with E-state index >= 15 is 0 Å². The molecule has 2 aromatic rings. The van der Waals surface area contributed by atoms with Gasteiger partial charge in [-0.05, 0) is 19.4 Å². The Morgan fingerprint density at radius 2 is 2.20 bits per heavy atom. The standard InChI is InChI=1S/C12H14N4O4/c1-6-3-4-8(16(18)19)5-9(6)11-14-12(20-15-11)10(13)7(2)17/h3-5,7,10,17H,13H2,1-2H3. The Balaban J connectivity index is 2.42. The number of aromatic nitrogens is 2. The van der Waals surface area contributed by atoms with Crippen LogP contribution in [0.1, 0.15) is 24.4 Å². The summed E-state index contributed by atoms with van der Waals surface area (Å²) in [5.74, 6) is 0.290. The minimum atomic E-state index is -0.838. The van der Waals surface area contributed by atoms with E-state index < -0.39 is 17.1 Å². The molecule has 2 atom stereocenters. The van der Waals surface area contributed by atoms with Crippen molar-refractivity contribution < 1.29 is 14.6 Å². The summed E-state index contributed by atoms with van der Waals surface area (Å²) in [4.78, 5) is 14.4. The number of nitro groups is 1. The van der Waals surface area contributed by atoms with E-state index in [1.54, 1.807) is 13.0 Å². The van der Waals surface area contributed by atoms with Crippen LogP contribution in [-0.4, -0.2) is 26.3 Å². The number of aliphatic hydroxyl groups excluding tert-OH is 1. The normalized spacial score (nSPS) is 14.0. The predicted molar refractivity (Wildman–Crippen MR) is 69.7 cm³/mol. The third-order valence-electron chi connectivity index (χ3n) is 2.92. The first kappa shape index (κ1) is 14.1. The average molecular weight is 278 g/mol. The van der Waals surface area contributed by atoms with E-state index in [4.69, 9.17) is 10.3 Å². The van der Waals surface area contributed by atoms with Crippen LogP contribution in [0, 0.1) is 17.0 Å². The first-order chi connectivity index (χ1) is 9.40. The molecule has 0 spiro atoms. The van der Waals surface area contributed by atoms with Gasteiger partial charge in [0.1, 0.15) is 6.04 Å². The highest BCUT2D eigenvalue weighted by Gasteiger charge is 2.21. The van der Waals surface area contributed by atoms with Gasteiger partial charge in [0.15, 0.2) is 0 Å². The fraction of sp³-hybridized carbons (Fsp3) is 0.333. The van der Waals surface area contributed by atoms with Crippen LogP contribution in [0.5, 0.6) is 0 Å². The van der Waals surface area contributed by atoms with E-state index in [1.807, 2.05) is 0 Å². The van der Waals surface area contributed by atoms with Crippen LogP contribution in [0.3, 0.4) is 0 Å². The maximum absolute atomic E-state index is 10.8. The topological polar surface area (TPSA) is 128 Å². The number of hydrogen-bond acceptors (Lipinski definition) is 7. The van der Waals surface area contributed by atoms with E-state index in [1.165, 1.54) is 19.1 Å². The van der Waals surface area contributed by atoms with E-state index in [2.05, 4.69) is 10.1 Å². The van der Waals surface area contributed by atoms with Crippen LogP contribution >= 0.6 is 0 Å². The zero-order valence-electron chi connectivity index (χ0n) is 11.0. The Morgan fingerprint density at radius 3 is 2.80 bits per heavy atom. The number of hydrogen-bond donors (Lipinski definition) is 2. The lowest BCUT2D eigenvalue weighted by Gasteiger charge is -2.08. The van der Waals surface area contributed by atoms with Crippen LogP contribution in [0.25, 0.3) is 11.4 Å². The van der Waals surface area contributed by atoms with Crippen LogP contribution in [0.15, 0.2) is 22.7 Å². The highest BCUT2D eigenvalue weighted by molar-refractivity contribution is 5.63. The molecule has 0 radical (unpaired) electrons. The minimum Gasteiger partial charge on any atom is -0.391 e. The van der Waals surface area contributed by atoms with Crippen molar-refractivity contribution >= 4 is 5.69 Å². The van der Waals surface area contributed by atoms with Crippen molar-refractivity contribution in [3.05, 3.63) is 39.8 Å². The predicted octanol–water partition coefficient (Wildman–Crippen LogP) is 1.33. The maximum Gasteiger partial charge on any atom is 0.270 e. The van der Waals surface area contributed by atoms with Gasteiger partial charge in [-0.2, -0.15) is 4.98 Å². The Hall–Kier alpha value is -2.32. The largest absolute Gasteiger partial charge is 0.391 e. The Kier molecular flexibility index (Phi) is 3.77. The first-order valence-electron chi connectivity index (χ1n) is 5.93. The smallest absolute Gasteiger partial charge is 0.270 e. The molecule has 0 aliphatic carbocycles. The van der Waals surface area contributed by atoms with Crippen LogP contribution in [-0.2, 0) is 0 Å². The van der Waals surface area contributed by atoms with Crippen molar-refractivity contribution in [2.45, 2.75) is 26.0 Å². The molecule has 2 rings (SSSR count). The summed E-state index contributed by atoms with van der Waals surface area (Å²) < 4.78 is 4.98. The number of nitrogens with zero attached hydrogens (tertiary/aromatic N) is 3. The summed E-state index contributed by atoms with van der Waals surface area (Å²) >= 11 is 0. The number of benzene rings is 1. The van der Waals surface area contributed by atoms with Crippen molar-refractivity contribution in [1.29, 1.82) is 0 Å². The highest BCUT2D eigenvalue weighted by Crippen LogP contribution is 2.26. The van der Waals surface area contributed by atoms with Crippen LogP contribution < -0.4 is 5.73 Å². The third-order valence-corrected chi connectivity index (χ3v) is 2.92. The lowest BCUT2D eigenvalue weighted by molar-refractivity contribution is -0.384. The van der Waals surface area contributed by atoms with Crippen LogP contribution in [0.2, 0.25) is 0 Å². The third kappa shape index (κ3) is 2.65. The molecule has 0 fully saturated rings. The molecule has 2 unspecified atom stereocenters. The van der Waals surface area contributed by atoms with Crippen LogP contribution in [0.4, 0.5) is 5.69 Å². The maximum atomic E-state index is 10.8. The molecule has 0 saturated carbocycles. The Labute approximate surface area is 114 Å². The lowest BCUT2D eigenvalue weighted by Crippen LogP contribution is -2.23. The molecule has 0 aliphatic rings. The summed E-state index contributed by atoms with van der Waals surface area (Å²) in [5.41, 5.74) is 6.90. The number of aryl methyl sites for hydroxylation is 1. The molecule has 1 heterocycles. The molecule has 0 amide bonds. The van der Waals surface area contributed by atoms with E-state index in [-0.39, 0.29) is 17.4 Å². The fourth-order valence-electron chi connectivity index (χ4n) is 1.65. The molecule has 0 aliphatic heterocycles. The second-order valence-corrected chi connectivity index (χ2v) is 4.48. The fourth-order valence-corrected chi connectivity index (χ4v) is 1.65. The zero-order chi connectivity index (χ0) is 14.9. The summed E-state index contributed by atoms with van der Waals surface area (Å²) in [6.07, 6.45) is -0.838. The van der Waals surface area contributed by atoms with Gasteiger partial charge in [0.25, 0.3) is 5.69 Å². The molecule has 3 N–H and O–H groups in total. The second kappa shape index (κ2) is 5.35. The van der Waals surface area contributed by atoms with E-state index in [0.29, 0.717) is 5.56 Å². The van der Waals surface area contributed by atoms with Gasteiger partial charge in [0, 0.05) is 17.7 Å². The van der Waals surface area contributed by atoms with Gasteiger partial charge in [-0.1, -0.05) is 11.2 Å². The van der Waals surface area contributed by atoms with Gasteiger partial charge < -0.3 is 15.4 Å². The molecule has 8 nitrogen and oxygen atoms in total. The molecular weight excluding hydrogens is 264 g/mol. The molecular formula is C12H14N4O4. The molecule has 8 heteroatoms. The van der Waals surface area contributed by atoms with Gasteiger partial charge >= 0.3 is 0 Å². The van der Waals surface area contributed by atoms with Crippen molar-refractivity contribution in [3.8, 4) is 11.4 Å². The molecule has 1 aromatic carbocycles. The molecule has 20 heavy (non-hydrogen) atoms. The van der Waals surface area contributed by atoms with Crippen molar-refractivity contribution in [2.24, 2.45) is 5.73 Å². The van der Waals surface area contributed by atoms with E-state index in [9.17, 15) is 15.2 Å². The van der Waals surface area contributed by atoms with Gasteiger partial charge in [-0.25, -0.2) is 0 Å². The number of nitro benzene ring substituents is 1. The Morgan fingerprint density at radius 1 is 1.50 bits per heavy atom. The summed E-state index contributed by atoms with van der Waals surface area (Å²) in [5, 5.41) is 23.9. The number of aliphatic hydroxyl groups is 1. The average Bonchev–Trinajstić information content (AvgIpc) is 2.87. The quantitative estimate of drug-likeness (QED) is 0.637. The number of rotatable bonds is 4. The van der Waals surface area contributed by atoms with Gasteiger partial charge in [0.2, 0.25) is 11.7 Å². The van der Waals surface area contributed by atoms with Crippen molar-refractivity contribution in [1.82, 2.24) is 10.1 Å². The minimum absolute atomic E-state index is 0.0585.